The Morgan fingerprint density at radius 2 is 1.32 bits per heavy atom. The fourth-order valence-corrected chi connectivity index (χ4v) is 2.44. The molecule has 0 bridgehead atoms. The van der Waals surface area contributed by atoms with Crippen molar-refractivity contribution in [3.63, 3.8) is 0 Å². The van der Waals surface area contributed by atoms with Gasteiger partial charge in [-0.25, -0.2) is 0 Å². The molecule has 0 aliphatic rings. The lowest BCUT2D eigenvalue weighted by Gasteiger charge is -2.14. The number of alkyl halides is 6. The lowest BCUT2D eigenvalue weighted by Crippen LogP contribution is -2.30. The molecule has 0 aromatic heterocycles. The highest BCUT2D eigenvalue weighted by Gasteiger charge is 2.35. The van der Waals surface area contributed by atoms with Crippen LogP contribution in [0.15, 0.2) is 36.4 Å². The summed E-state index contributed by atoms with van der Waals surface area (Å²) in [5.74, 6) is -3.02. The van der Waals surface area contributed by atoms with Gasteiger partial charge in [-0.3, -0.25) is 9.59 Å². The maximum atomic E-state index is 13.0. The molecule has 2 rings (SSSR count). The third-order valence-corrected chi connectivity index (χ3v) is 3.84. The summed E-state index contributed by atoms with van der Waals surface area (Å²) in [7, 11) is 0. The van der Waals surface area contributed by atoms with Crippen LogP contribution in [0.5, 0.6) is 0 Å². The van der Waals surface area contributed by atoms with Gasteiger partial charge in [0.05, 0.1) is 21.8 Å². The topological polar surface area (TPSA) is 58.2 Å². The summed E-state index contributed by atoms with van der Waals surface area (Å²) in [4.78, 5) is 23.7. The van der Waals surface area contributed by atoms with Crippen LogP contribution in [-0.4, -0.2) is 11.8 Å². The fraction of sp³-hybridized carbons (Fsp3) is 0.125. The van der Waals surface area contributed by atoms with E-state index in [9.17, 15) is 35.9 Å². The summed E-state index contributed by atoms with van der Waals surface area (Å²) in [6.45, 7) is 0. The van der Waals surface area contributed by atoms with E-state index in [2.05, 4.69) is 0 Å². The molecule has 0 heterocycles. The quantitative estimate of drug-likeness (QED) is 0.467. The SMILES string of the molecule is O=C(Nc1ccc(Cl)c(C(F)(F)F)c1)C(=O)Nc1ccc(Cl)cc1C(F)(F)F. The van der Waals surface area contributed by atoms with Crippen molar-refractivity contribution in [3.05, 3.63) is 57.6 Å². The van der Waals surface area contributed by atoms with E-state index >= 15 is 0 Å². The van der Waals surface area contributed by atoms with Gasteiger partial charge in [0.2, 0.25) is 0 Å². The van der Waals surface area contributed by atoms with Crippen molar-refractivity contribution in [1.29, 1.82) is 0 Å². The third kappa shape index (κ3) is 5.29. The highest BCUT2D eigenvalue weighted by molar-refractivity contribution is 6.43. The number of hydrogen-bond acceptors (Lipinski definition) is 2. The van der Waals surface area contributed by atoms with E-state index in [1.54, 1.807) is 5.32 Å². The smallest absolute Gasteiger partial charge is 0.318 e. The van der Waals surface area contributed by atoms with Gasteiger partial charge < -0.3 is 10.6 Å². The summed E-state index contributed by atoms with van der Waals surface area (Å²) < 4.78 is 77.4. The lowest BCUT2D eigenvalue weighted by molar-refractivity contribution is -0.138. The molecule has 0 spiro atoms. The van der Waals surface area contributed by atoms with Crippen LogP contribution in [0.25, 0.3) is 0 Å². The van der Waals surface area contributed by atoms with Gasteiger partial charge in [-0.15, -0.1) is 0 Å². The van der Waals surface area contributed by atoms with E-state index in [0.717, 1.165) is 24.3 Å². The zero-order valence-corrected chi connectivity index (χ0v) is 14.8. The van der Waals surface area contributed by atoms with E-state index in [1.807, 2.05) is 5.32 Å². The Morgan fingerprint density at radius 1 is 0.750 bits per heavy atom. The number of benzene rings is 2. The molecule has 0 aliphatic carbocycles. The summed E-state index contributed by atoms with van der Waals surface area (Å²) in [5.41, 5.74) is -3.73. The Balaban J connectivity index is 2.21. The van der Waals surface area contributed by atoms with Crippen molar-refractivity contribution in [3.8, 4) is 0 Å². The summed E-state index contributed by atoms with van der Waals surface area (Å²) in [6.07, 6.45) is -9.69. The zero-order valence-electron chi connectivity index (χ0n) is 13.3. The minimum Gasteiger partial charge on any atom is -0.318 e. The molecule has 0 aliphatic heterocycles. The first-order valence-electron chi connectivity index (χ1n) is 7.15. The van der Waals surface area contributed by atoms with Gasteiger partial charge in [-0.1, -0.05) is 23.2 Å². The van der Waals surface area contributed by atoms with E-state index in [0.29, 0.717) is 12.1 Å². The molecule has 4 nitrogen and oxygen atoms in total. The van der Waals surface area contributed by atoms with Gasteiger partial charge in [0, 0.05) is 10.7 Å². The first-order chi connectivity index (χ1) is 12.8. The van der Waals surface area contributed by atoms with Crippen molar-refractivity contribution in [2.75, 3.05) is 10.6 Å². The Morgan fingerprint density at radius 3 is 1.89 bits per heavy atom. The van der Waals surface area contributed by atoms with Crippen LogP contribution in [0.3, 0.4) is 0 Å². The van der Waals surface area contributed by atoms with Crippen LogP contribution in [0, 0.1) is 0 Å². The number of rotatable bonds is 2. The maximum absolute atomic E-state index is 13.0. The van der Waals surface area contributed by atoms with Gasteiger partial charge in [-0.05, 0) is 36.4 Å². The van der Waals surface area contributed by atoms with Crippen LogP contribution in [-0.2, 0) is 21.9 Å². The molecule has 12 heteroatoms. The molecule has 28 heavy (non-hydrogen) atoms. The summed E-state index contributed by atoms with van der Waals surface area (Å²) in [6, 6.07) is 4.76. The van der Waals surface area contributed by atoms with E-state index < -0.39 is 51.7 Å². The molecule has 0 saturated heterocycles. The average molecular weight is 445 g/mol. The average Bonchev–Trinajstić information content (AvgIpc) is 2.56. The third-order valence-electron chi connectivity index (χ3n) is 3.27. The predicted molar refractivity (Wildman–Crippen MR) is 90.2 cm³/mol. The standard InChI is InChI=1S/C16H8Cl2F6N2O2/c17-7-1-4-12(10(5-7)16(22,23)24)26-14(28)13(27)25-8-2-3-11(18)9(6-8)15(19,20)21/h1-6H,(H,25,27)(H,26,28). The molecule has 0 unspecified atom stereocenters. The van der Waals surface area contributed by atoms with Crippen LogP contribution < -0.4 is 10.6 Å². The van der Waals surface area contributed by atoms with Gasteiger partial charge in [0.1, 0.15) is 0 Å². The maximum Gasteiger partial charge on any atom is 0.418 e. The molecule has 0 radical (unpaired) electrons. The van der Waals surface area contributed by atoms with Gasteiger partial charge in [0.15, 0.2) is 0 Å². The van der Waals surface area contributed by atoms with Crippen molar-refractivity contribution >= 4 is 46.4 Å². The first kappa shape index (κ1) is 21.8. The largest absolute Gasteiger partial charge is 0.418 e. The Labute approximate surface area is 163 Å². The van der Waals surface area contributed by atoms with Crippen LogP contribution in [0.4, 0.5) is 37.7 Å². The Kier molecular flexibility index (Phi) is 6.15. The normalized spacial score (nSPS) is 11.9. The Bertz CT molecular complexity index is 928. The second kappa shape index (κ2) is 7.88. The molecule has 0 fully saturated rings. The summed E-state index contributed by atoms with van der Waals surface area (Å²) >= 11 is 10.9. The molecule has 0 saturated carbocycles. The van der Waals surface area contributed by atoms with E-state index in [1.165, 1.54) is 0 Å². The second-order valence-corrected chi connectivity index (χ2v) is 6.13. The lowest BCUT2D eigenvalue weighted by atomic mass is 10.1. The molecule has 150 valence electrons. The van der Waals surface area contributed by atoms with Crippen molar-refractivity contribution in [2.24, 2.45) is 0 Å². The first-order valence-corrected chi connectivity index (χ1v) is 7.90. The number of anilines is 2. The van der Waals surface area contributed by atoms with Crippen LogP contribution in [0.2, 0.25) is 10.0 Å². The highest BCUT2D eigenvalue weighted by atomic mass is 35.5. The Hall–Kier alpha value is -2.46. The summed E-state index contributed by atoms with van der Waals surface area (Å²) in [5, 5.41) is 2.71. The van der Waals surface area contributed by atoms with Crippen LogP contribution in [0.1, 0.15) is 11.1 Å². The predicted octanol–water partition coefficient (Wildman–Crippen LogP) is 5.61. The molecule has 2 aromatic rings. The molecule has 2 amide bonds. The monoisotopic (exact) mass is 444 g/mol. The van der Waals surface area contributed by atoms with Crippen molar-refractivity contribution < 1.29 is 35.9 Å². The fourth-order valence-electron chi connectivity index (χ4n) is 2.05. The van der Waals surface area contributed by atoms with Gasteiger partial charge in [-0.2, -0.15) is 26.3 Å². The van der Waals surface area contributed by atoms with Crippen molar-refractivity contribution in [2.45, 2.75) is 12.4 Å². The van der Waals surface area contributed by atoms with Gasteiger partial charge in [0.25, 0.3) is 0 Å². The van der Waals surface area contributed by atoms with Crippen LogP contribution >= 0.6 is 23.2 Å². The molecular formula is C16H8Cl2F6N2O2. The number of amides is 2. The van der Waals surface area contributed by atoms with E-state index in [-0.39, 0.29) is 5.02 Å². The number of carbonyl (C=O) groups excluding carboxylic acids is 2. The molecule has 2 aromatic carbocycles. The molecular weight excluding hydrogens is 437 g/mol. The molecule has 2 N–H and O–H groups in total. The number of halogens is 8. The van der Waals surface area contributed by atoms with Crippen molar-refractivity contribution in [1.82, 2.24) is 0 Å². The number of hydrogen-bond donors (Lipinski definition) is 2. The van der Waals surface area contributed by atoms with Gasteiger partial charge >= 0.3 is 24.2 Å². The minimum absolute atomic E-state index is 0.254. The highest BCUT2D eigenvalue weighted by Crippen LogP contribution is 2.37. The second-order valence-electron chi connectivity index (χ2n) is 5.29. The van der Waals surface area contributed by atoms with E-state index in [4.69, 9.17) is 23.2 Å². The number of nitrogens with one attached hydrogen (secondary N) is 2. The molecule has 0 atom stereocenters. The zero-order chi connectivity index (χ0) is 21.3. The number of carbonyl (C=O) groups is 2. The minimum atomic E-state index is -4.87.